The Hall–Kier alpha value is -1.29. The molecule has 18 heavy (non-hydrogen) atoms. The van der Waals surface area contributed by atoms with Crippen molar-refractivity contribution in [1.29, 1.82) is 0 Å². The van der Waals surface area contributed by atoms with E-state index >= 15 is 0 Å². The number of allylic oxidation sites excluding steroid dienone is 2. The molecule has 102 valence electrons. The molecule has 4 heteroatoms. The van der Waals surface area contributed by atoms with Crippen molar-refractivity contribution in [3.05, 3.63) is 24.6 Å². The van der Waals surface area contributed by atoms with Crippen LogP contribution in [0, 0.1) is 5.41 Å². The van der Waals surface area contributed by atoms with E-state index in [1.807, 2.05) is 0 Å². The summed E-state index contributed by atoms with van der Waals surface area (Å²) in [6, 6.07) is 0. The molecule has 0 radical (unpaired) electrons. The SMILES string of the molecule is C=COCCNCCNC1=CC(=O)CC(C)(C)C1. The van der Waals surface area contributed by atoms with Crippen LogP contribution in [-0.2, 0) is 9.53 Å². The molecule has 4 nitrogen and oxygen atoms in total. The van der Waals surface area contributed by atoms with Crippen molar-refractivity contribution in [2.45, 2.75) is 26.7 Å². The molecule has 0 unspecified atom stereocenters. The minimum Gasteiger partial charge on any atom is -0.500 e. The Morgan fingerprint density at radius 1 is 1.39 bits per heavy atom. The van der Waals surface area contributed by atoms with Crippen molar-refractivity contribution in [2.75, 3.05) is 26.2 Å². The molecule has 0 fully saturated rings. The first-order valence-electron chi connectivity index (χ1n) is 6.44. The highest BCUT2D eigenvalue weighted by molar-refractivity contribution is 5.91. The molecule has 1 rings (SSSR count). The van der Waals surface area contributed by atoms with Crippen molar-refractivity contribution in [3.8, 4) is 0 Å². The van der Waals surface area contributed by atoms with E-state index < -0.39 is 0 Å². The first-order valence-corrected chi connectivity index (χ1v) is 6.44. The van der Waals surface area contributed by atoms with Crippen molar-refractivity contribution in [2.24, 2.45) is 5.41 Å². The molecule has 1 aliphatic carbocycles. The Morgan fingerprint density at radius 2 is 2.17 bits per heavy atom. The number of nitrogens with one attached hydrogen (secondary N) is 2. The van der Waals surface area contributed by atoms with Crippen molar-refractivity contribution >= 4 is 5.78 Å². The molecule has 0 aromatic rings. The van der Waals surface area contributed by atoms with Gasteiger partial charge < -0.3 is 15.4 Å². The summed E-state index contributed by atoms with van der Waals surface area (Å²) in [6.45, 7) is 10.8. The minimum atomic E-state index is 0.0827. The van der Waals surface area contributed by atoms with Gasteiger partial charge in [0, 0.05) is 37.8 Å². The first kappa shape index (κ1) is 14.8. The highest BCUT2D eigenvalue weighted by Gasteiger charge is 2.27. The maximum Gasteiger partial charge on any atom is 0.157 e. The largest absolute Gasteiger partial charge is 0.500 e. The van der Waals surface area contributed by atoms with E-state index in [4.69, 9.17) is 4.74 Å². The highest BCUT2D eigenvalue weighted by atomic mass is 16.5. The lowest BCUT2D eigenvalue weighted by Crippen LogP contribution is -2.32. The van der Waals surface area contributed by atoms with Gasteiger partial charge in [-0.3, -0.25) is 4.79 Å². The van der Waals surface area contributed by atoms with Gasteiger partial charge in [-0.15, -0.1) is 0 Å². The smallest absolute Gasteiger partial charge is 0.157 e. The maximum absolute atomic E-state index is 11.5. The summed E-state index contributed by atoms with van der Waals surface area (Å²) >= 11 is 0. The van der Waals surface area contributed by atoms with E-state index in [-0.39, 0.29) is 11.2 Å². The van der Waals surface area contributed by atoms with Gasteiger partial charge in [-0.2, -0.15) is 0 Å². The van der Waals surface area contributed by atoms with Crippen LogP contribution in [0.5, 0.6) is 0 Å². The topological polar surface area (TPSA) is 50.4 Å². The summed E-state index contributed by atoms with van der Waals surface area (Å²) in [4.78, 5) is 11.5. The first-order chi connectivity index (χ1) is 8.53. The van der Waals surface area contributed by atoms with Gasteiger partial charge in [-0.1, -0.05) is 20.4 Å². The van der Waals surface area contributed by atoms with Crippen LogP contribution in [0.15, 0.2) is 24.6 Å². The van der Waals surface area contributed by atoms with Crippen molar-refractivity contribution < 1.29 is 9.53 Å². The van der Waals surface area contributed by atoms with Crippen LogP contribution in [0.2, 0.25) is 0 Å². The van der Waals surface area contributed by atoms with Gasteiger partial charge in [0.05, 0.1) is 12.9 Å². The van der Waals surface area contributed by atoms with Crippen LogP contribution in [-0.4, -0.2) is 32.0 Å². The third-order valence-electron chi connectivity index (χ3n) is 2.83. The fourth-order valence-corrected chi connectivity index (χ4v) is 2.11. The molecule has 0 heterocycles. The molecule has 0 saturated carbocycles. The fraction of sp³-hybridized carbons (Fsp3) is 0.643. The summed E-state index contributed by atoms with van der Waals surface area (Å²) in [6.07, 6.45) is 4.78. The molecular weight excluding hydrogens is 228 g/mol. The van der Waals surface area contributed by atoms with Gasteiger partial charge in [0.1, 0.15) is 0 Å². The Balaban J connectivity index is 2.15. The molecular formula is C14H24N2O2. The molecule has 2 N–H and O–H groups in total. The van der Waals surface area contributed by atoms with Crippen molar-refractivity contribution in [1.82, 2.24) is 10.6 Å². The van der Waals surface area contributed by atoms with Gasteiger partial charge >= 0.3 is 0 Å². The average Bonchev–Trinajstić information content (AvgIpc) is 2.25. The van der Waals surface area contributed by atoms with E-state index in [2.05, 4.69) is 31.1 Å². The molecule has 0 bridgehead atoms. The molecule has 0 saturated heterocycles. The summed E-state index contributed by atoms with van der Waals surface area (Å²) in [7, 11) is 0. The zero-order valence-electron chi connectivity index (χ0n) is 11.4. The van der Waals surface area contributed by atoms with Crippen LogP contribution >= 0.6 is 0 Å². The summed E-state index contributed by atoms with van der Waals surface area (Å²) in [5.41, 5.74) is 1.14. The lowest BCUT2D eigenvalue weighted by atomic mass is 9.79. The van der Waals surface area contributed by atoms with Crippen LogP contribution in [0.3, 0.4) is 0 Å². The number of rotatable bonds is 8. The summed E-state index contributed by atoms with van der Waals surface area (Å²) in [5.74, 6) is 0.223. The highest BCUT2D eigenvalue weighted by Crippen LogP contribution is 2.32. The number of carbonyl (C=O) groups excluding carboxylic acids is 1. The summed E-state index contributed by atoms with van der Waals surface area (Å²) in [5, 5.41) is 6.56. The summed E-state index contributed by atoms with van der Waals surface area (Å²) < 4.78 is 5.00. The van der Waals surface area contributed by atoms with E-state index in [1.165, 1.54) is 6.26 Å². The Kier molecular flexibility index (Phi) is 5.92. The van der Waals surface area contributed by atoms with Crippen molar-refractivity contribution in [3.63, 3.8) is 0 Å². The van der Waals surface area contributed by atoms with E-state index in [0.29, 0.717) is 13.0 Å². The normalized spacial score (nSPS) is 18.1. The maximum atomic E-state index is 11.5. The van der Waals surface area contributed by atoms with Gasteiger partial charge in [-0.25, -0.2) is 0 Å². The lowest BCUT2D eigenvalue weighted by molar-refractivity contribution is -0.117. The second-order valence-corrected chi connectivity index (χ2v) is 5.37. The van der Waals surface area contributed by atoms with E-state index in [9.17, 15) is 4.79 Å². The second-order valence-electron chi connectivity index (χ2n) is 5.37. The van der Waals surface area contributed by atoms with Crippen LogP contribution < -0.4 is 10.6 Å². The zero-order valence-corrected chi connectivity index (χ0v) is 11.4. The second kappa shape index (κ2) is 7.21. The monoisotopic (exact) mass is 252 g/mol. The molecule has 0 spiro atoms. The van der Waals surface area contributed by atoms with Gasteiger partial charge in [-0.05, 0) is 11.8 Å². The van der Waals surface area contributed by atoms with Crippen LogP contribution in [0.4, 0.5) is 0 Å². The van der Waals surface area contributed by atoms with E-state index in [0.717, 1.165) is 31.8 Å². The third-order valence-corrected chi connectivity index (χ3v) is 2.83. The number of hydrogen-bond acceptors (Lipinski definition) is 4. The number of carbonyl (C=O) groups is 1. The molecule has 1 aliphatic rings. The van der Waals surface area contributed by atoms with Gasteiger partial charge in [0.15, 0.2) is 5.78 Å². The molecule has 0 amide bonds. The Labute approximate surface area is 109 Å². The predicted molar refractivity (Wildman–Crippen MR) is 73.1 cm³/mol. The number of hydrogen-bond donors (Lipinski definition) is 2. The molecule has 0 aromatic heterocycles. The number of ether oxygens (including phenoxy) is 1. The standard InChI is InChI=1S/C14H24N2O2/c1-4-18-8-7-15-5-6-16-12-9-13(17)11-14(2,3)10-12/h4,9,15-16H,1,5-8,10-11H2,2-3H3. The van der Waals surface area contributed by atoms with Gasteiger partial charge in [0.2, 0.25) is 0 Å². The molecule has 0 aliphatic heterocycles. The number of ketones is 1. The molecule has 0 atom stereocenters. The Morgan fingerprint density at radius 3 is 2.83 bits per heavy atom. The minimum absolute atomic E-state index is 0.0827. The van der Waals surface area contributed by atoms with Crippen LogP contribution in [0.25, 0.3) is 0 Å². The lowest BCUT2D eigenvalue weighted by Gasteiger charge is -2.29. The fourth-order valence-electron chi connectivity index (χ4n) is 2.11. The van der Waals surface area contributed by atoms with Gasteiger partial charge in [0.25, 0.3) is 0 Å². The quantitative estimate of drug-likeness (QED) is 0.509. The third kappa shape index (κ3) is 5.87. The molecule has 0 aromatic carbocycles. The van der Waals surface area contributed by atoms with Crippen LogP contribution in [0.1, 0.15) is 26.7 Å². The average molecular weight is 252 g/mol. The van der Waals surface area contributed by atoms with E-state index in [1.54, 1.807) is 6.08 Å². The Bertz CT molecular complexity index is 322. The zero-order chi connectivity index (χ0) is 13.4. The predicted octanol–water partition coefficient (Wildman–Crippen LogP) is 1.60.